The van der Waals surface area contributed by atoms with E-state index in [1.165, 1.54) is 0 Å². The van der Waals surface area contributed by atoms with Crippen molar-refractivity contribution in [3.8, 4) is 0 Å². The third-order valence-corrected chi connectivity index (χ3v) is 5.38. The van der Waals surface area contributed by atoms with Crippen molar-refractivity contribution in [2.45, 2.75) is 44.8 Å². The number of aliphatic hydroxyl groups is 4. The van der Waals surface area contributed by atoms with Gasteiger partial charge in [0.25, 0.3) is 0 Å². The Morgan fingerprint density at radius 2 is 1.37 bits per heavy atom. The molecule has 2 rings (SSSR count). The van der Waals surface area contributed by atoms with E-state index in [-0.39, 0.29) is 18.6 Å². The van der Waals surface area contributed by atoms with Gasteiger partial charge in [-0.2, -0.15) is 0 Å². The molecule has 0 amide bonds. The van der Waals surface area contributed by atoms with Gasteiger partial charge in [-0.1, -0.05) is 61.5 Å². The van der Waals surface area contributed by atoms with Gasteiger partial charge in [0.15, 0.2) is 0 Å². The molecule has 0 bridgehead atoms. The first-order valence-corrected chi connectivity index (χ1v) is 9.34. The number of nitrogens with zero attached hydrogens (tertiary/aromatic N) is 1. The normalized spacial score (nSPS) is 17.3. The van der Waals surface area contributed by atoms with Crippen LogP contribution in [0, 0.1) is 5.92 Å². The largest absolute Gasteiger partial charge is 0.392 e. The Kier molecular flexibility index (Phi) is 7.95. The lowest BCUT2D eigenvalue weighted by Gasteiger charge is -2.33. The van der Waals surface area contributed by atoms with Crippen LogP contribution in [0.15, 0.2) is 54.6 Å². The lowest BCUT2D eigenvalue weighted by atomic mass is 9.91. The first-order valence-electron chi connectivity index (χ1n) is 9.34. The Morgan fingerprint density at radius 1 is 0.815 bits per heavy atom. The molecule has 148 valence electrons. The molecule has 0 saturated carbocycles. The highest BCUT2D eigenvalue weighted by Crippen LogP contribution is 2.26. The summed E-state index contributed by atoms with van der Waals surface area (Å²) in [6, 6.07) is 16.3. The fourth-order valence-electron chi connectivity index (χ4n) is 3.13. The van der Waals surface area contributed by atoms with Crippen molar-refractivity contribution in [2.75, 3.05) is 13.6 Å². The summed E-state index contributed by atoms with van der Waals surface area (Å²) in [6.45, 7) is 4.01. The molecule has 0 aliphatic carbocycles. The topological polar surface area (TPSA) is 84.2 Å². The number of aliphatic hydroxyl groups excluding tert-OH is 4. The minimum absolute atomic E-state index is 0.0407. The van der Waals surface area contributed by atoms with E-state index < -0.39 is 18.3 Å². The van der Waals surface area contributed by atoms with Crippen LogP contribution in [0.4, 0.5) is 0 Å². The average molecular weight is 373 g/mol. The second-order valence-corrected chi connectivity index (χ2v) is 7.31. The zero-order chi connectivity index (χ0) is 20.0. The van der Waals surface area contributed by atoms with Crippen LogP contribution in [0.5, 0.6) is 0 Å². The molecule has 0 radical (unpaired) electrons. The molecule has 0 unspecified atom stereocenters. The maximum Gasteiger partial charge on any atom is 0.0942 e. The predicted molar refractivity (Wildman–Crippen MR) is 106 cm³/mol. The van der Waals surface area contributed by atoms with E-state index in [2.05, 4.69) is 0 Å². The summed E-state index contributed by atoms with van der Waals surface area (Å²) in [5, 5.41) is 40.8. The summed E-state index contributed by atoms with van der Waals surface area (Å²) in [6.07, 6.45) is -2.22. The highest BCUT2D eigenvalue weighted by atomic mass is 16.3. The first-order chi connectivity index (χ1) is 12.8. The molecule has 0 aliphatic heterocycles. The number of hydrogen-bond donors (Lipinski definition) is 4. The highest BCUT2D eigenvalue weighted by Gasteiger charge is 2.28. The Labute approximate surface area is 161 Å². The van der Waals surface area contributed by atoms with Gasteiger partial charge >= 0.3 is 0 Å². The summed E-state index contributed by atoms with van der Waals surface area (Å²) in [5.41, 5.74) is 2.32. The van der Waals surface area contributed by atoms with E-state index in [0.717, 1.165) is 11.1 Å². The van der Waals surface area contributed by atoms with Crippen molar-refractivity contribution in [3.05, 3.63) is 71.3 Å². The van der Waals surface area contributed by atoms with Crippen LogP contribution in [-0.2, 0) is 6.61 Å². The van der Waals surface area contributed by atoms with Gasteiger partial charge in [-0.25, -0.2) is 0 Å². The van der Waals surface area contributed by atoms with Crippen LogP contribution in [-0.4, -0.2) is 51.1 Å². The second-order valence-electron chi connectivity index (χ2n) is 7.31. The highest BCUT2D eigenvalue weighted by molar-refractivity contribution is 5.24. The van der Waals surface area contributed by atoms with Crippen molar-refractivity contribution < 1.29 is 20.4 Å². The van der Waals surface area contributed by atoms with E-state index >= 15 is 0 Å². The van der Waals surface area contributed by atoms with Crippen molar-refractivity contribution in [1.82, 2.24) is 4.90 Å². The van der Waals surface area contributed by atoms with Crippen LogP contribution in [0.1, 0.15) is 42.7 Å². The molecule has 5 nitrogen and oxygen atoms in total. The molecule has 0 aromatic heterocycles. The summed E-state index contributed by atoms with van der Waals surface area (Å²) >= 11 is 0. The first kappa shape index (κ1) is 21.5. The zero-order valence-corrected chi connectivity index (χ0v) is 16.2. The third-order valence-electron chi connectivity index (χ3n) is 5.38. The van der Waals surface area contributed by atoms with Crippen molar-refractivity contribution >= 4 is 0 Å². The van der Waals surface area contributed by atoms with E-state index in [1.54, 1.807) is 31.2 Å². The Bertz CT molecular complexity index is 676. The lowest BCUT2D eigenvalue weighted by molar-refractivity contribution is -0.0135. The predicted octanol–water partition coefficient (Wildman–Crippen LogP) is 2.26. The molecule has 5 atom stereocenters. The zero-order valence-electron chi connectivity index (χ0n) is 16.2. The summed E-state index contributed by atoms with van der Waals surface area (Å²) in [7, 11) is 1.86. The van der Waals surface area contributed by atoms with Gasteiger partial charge < -0.3 is 20.4 Å². The molecular formula is C22H31NO4. The van der Waals surface area contributed by atoms with Gasteiger partial charge in [0, 0.05) is 18.5 Å². The van der Waals surface area contributed by atoms with Crippen molar-refractivity contribution in [3.63, 3.8) is 0 Å². The number of benzene rings is 2. The maximum absolute atomic E-state index is 10.6. The fourth-order valence-corrected chi connectivity index (χ4v) is 3.13. The van der Waals surface area contributed by atoms with Crippen LogP contribution in [0.25, 0.3) is 0 Å². The molecule has 2 aromatic carbocycles. The molecule has 4 N–H and O–H groups in total. The molecule has 2 aromatic rings. The average Bonchev–Trinajstić information content (AvgIpc) is 2.72. The SMILES string of the molecule is C[C@@H]([C@H](O)c1ccc(CO)cc1)[C@@H](O)CN(C)[C@@H](C)[C@H](O)c1ccccc1. The third kappa shape index (κ3) is 5.61. The standard InChI is InChI=1S/C22H31NO4/c1-15(21(26)19-11-9-17(14-24)10-12-19)20(25)13-23(3)16(2)22(27)18-7-5-4-6-8-18/h4-12,15-16,20-22,24-27H,13-14H2,1-3H3/t15-,16+,20+,21+,22+/m1/s1. The molecule has 5 heteroatoms. The minimum Gasteiger partial charge on any atom is -0.392 e. The molecule has 0 fully saturated rings. The van der Waals surface area contributed by atoms with Crippen LogP contribution in [0.2, 0.25) is 0 Å². The van der Waals surface area contributed by atoms with Gasteiger partial charge in [-0.05, 0) is 30.7 Å². The van der Waals surface area contributed by atoms with Gasteiger partial charge in [0.2, 0.25) is 0 Å². The molecule has 0 heterocycles. The number of hydrogen-bond acceptors (Lipinski definition) is 5. The smallest absolute Gasteiger partial charge is 0.0942 e. The molecule has 27 heavy (non-hydrogen) atoms. The quantitative estimate of drug-likeness (QED) is 0.542. The second kappa shape index (κ2) is 9.97. The van der Waals surface area contributed by atoms with Crippen molar-refractivity contribution in [2.24, 2.45) is 5.92 Å². The van der Waals surface area contributed by atoms with Crippen LogP contribution >= 0.6 is 0 Å². The van der Waals surface area contributed by atoms with E-state index in [9.17, 15) is 15.3 Å². The maximum atomic E-state index is 10.6. The van der Waals surface area contributed by atoms with Crippen LogP contribution < -0.4 is 0 Å². The summed E-state index contributed by atoms with van der Waals surface area (Å²) in [4.78, 5) is 1.90. The minimum atomic E-state index is -0.810. The van der Waals surface area contributed by atoms with Crippen LogP contribution in [0.3, 0.4) is 0 Å². The Balaban J connectivity index is 1.96. The summed E-state index contributed by atoms with van der Waals surface area (Å²) < 4.78 is 0. The number of rotatable bonds is 9. The fraction of sp³-hybridized carbons (Fsp3) is 0.455. The summed E-state index contributed by atoms with van der Waals surface area (Å²) in [5.74, 6) is -0.381. The van der Waals surface area contributed by atoms with E-state index in [1.807, 2.05) is 49.2 Å². The Hall–Kier alpha value is -1.76. The van der Waals surface area contributed by atoms with Gasteiger partial charge in [-0.3, -0.25) is 4.90 Å². The van der Waals surface area contributed by atoms with E-state index in [4.69, 9.17) is 5.11 Å². The molecule has 0 aliphatic rings. The monoisotopic (exact) mass is 373 g/mol. The van der Waals surface area contributed by atoms with Gasteiger partial charge in [-0.15, -0.1) is 0 Å². The van der Waals surface area contributed by atoms with Gasteiger partial charge in [0.1, 0.15) is 0 Å². The lowest BCUT2D eigenvalue weighted by Crippen LogP contribution is -2.42. The Morgan fingerprint density at radius 3 is 1.93 bits per heavy atom. The molecule has 0 saturated heterocycles. The van der Waals surface area contributed by atoms with Crippen molar-refractivity contribution in [1.29, 1.82) is 0 Å². The number of likely N-dealkylation sites (N-methyl/N-ethyl adjacent to an activating group) is 1. The molecular weight excluding hydrogens is 342 g/mol. The molecule has 0 spiro atoms. The van der Waals surface area contributed by atoms with E-state index in [0.29, 0.717) is 12.1 Å². The van der Waals surface area contributed by atoms with Gasteiger partial charge in [0.05, 0.1) is 24.9 Å².